The number of carbonyl (C=O) groups is 1. The fourth-order valence-electron chi connectivity index (χ4n) is 2.90. The van der Waals surface area contributed by atoms with Crippen molar-refractivity contribution >= 4 is 11.6 Å². The zero-order valence-corrected chi connectivity index (χ0v) is 13.0. The Kier molecular flexibility index (Phi) is 5.23. The molecular weight excluding hydrogens is 264 g/mol. The van der Waals surface area contributed by atoms with Crippen LogP contribution < -0.4 is 10.6 Å². The zero-order valence-electron chi connectivity index (χ0n) is 13.0. The van der Waals surface area contributed by atoms with Gasteiger partial charge in [-0.1, -0.05) is 32.0 Å². The summed E-state index contributed by atoms with van der Waals surface area (Å²) in [5, 5.41) is 15.9. The monoisotopic (exact) mass is 290 g/mol. The van der Waals surface area contributed by atoms with Crippen LogP contribution in [0.1, 0.15) is 44.6 Å². The highest BCUT2D eigenvalue weighted by Gasteiger charge is 2.28. The van der Waals surface area contributed by atoms with Crippen LogP contribution in [0.25, 0.3) is 0 Å². The fourth-order valence-corrected chi connectivity index (χ4v) is 2.90. The van der Waals surface area contributed by atoms with Gasteiger partial charge in [-0.05, 0) is 24.5 Å². The van der Waals surface area contributed by atoms with Crippen molar-refractivity contribution in [3.05, 3.63) is 29.8 Å². The van der Waals surface area contributed by atoms with Crippen molar-refractivity contribution in [2.75, 3.05) is 25.0 Å². The second-order valence-corrected chi connectivity index (χ2v) is 6.01. The molecule has 2 rings (SSSR count). The minimum absolute atomic E-state index is 0.0678. The first-order valence-electron chi connectivity index (χ1n) is 7.84. The van der Waals surface area contributed by atoms with Crippen molar-refractivity contribution in [2.45, 2.75) is 39.0 Å². The zero-order chi connectivity index (χ0) is 15.3. The van der Waals surface area contributed by atoms with E-state index in [1.165, 1.54) is 5.56 Å². The van der Waals surface area contributed by atoms with Gasteiger partial charge in [-0.2, -0.15) is 0 Å². The summed E-state index contributed by atoms with van der Waals surface area (Å²) in [4.78, 5) is 12.2. The van der Waals surface area contributed by atoms with Gasteiger partial charge in [0.15, 0.2) is 0 Å². The SMILES string of the molecule is CCC(CC)(CO)CNC(=O)CC1CNc2ccccc21. The highest BCUT2D eigenvalue weighted by molar-refractivity contribution is 5.78. The lowest BCUT2D eigenvalue weighted by Crippen LogP contribution is -2.39. The Morgan fingerprint density at radius 2 is 2.10 bits per heavy atom. The van der Waals surface area contributed by atoms with Gasteiger partial charge in [0, 0.05) is 36.5 Å². The predicted molar refractivity (Wildman–Crippen MR) is 85.4 cm³/mol. The molecular formula is C17H26N2O2. The molecule has 0 bridgehead atoms. The summed E-state index contributed by atoms with van der Waals surface area (Å²) in [6.45, 7) is 5.61. The number of hydrogen-bond donors (Lipinski definition) is 3. The first kappa shape index (κ1) is 15.8. The third kappa shape index (κ3) is 3.56. The van der Waals surface area contributed by atoms with E-state index in [9.17, 15) is 9.90 Å². The fraction of sp³-hybridized carbons (Fsp3) is 0.588. The third-order valence-corrected chi connectivity index (χ3v) is 4.87. The van der Waals surface area contributed by atoms with Crippen molar-refractivity contribution < 1.29 is 9.90 Å². The average Bonchev–Trinajstić information content (AvgIpc) is 2.93. The predicted octanol–water partition coefficient (Wildman–Crippen LogP) is 2.50. The minimum atomic E-state index is -0.179. The van der Waals surface area contributed by atoms with E-state index >= 15 is 0 Å². The van der Waals surface area contributed by atoms with Crippen LogP contribution in [0.5, 0.6) is 0 Å². The molecule has 1 atom stereocenters. The molecule has 1 aromatic rings. The van der Waals surface area contributed by atoms with Crippen molar-refractivity contribution in [1.29, 1.82) is 0 Å². The first-order chi connectivity index (χ1) is 10.1. The largest absolute Gasteiger partial charge is 0.396 e. The second kappa shape index (κ2) is 6.94. The Hall–Kier alpha value is -1.55. The van der Waals surface area contributed by atoms with E-state index in [1.54, 1.807) is 0 Å². The second-order valence-electron chi connectivity index (χ2n) is 6.01. The normalized spacial score (nSPS) is 17.2. The van der Waals surface area contributed by atoms with Gasteiger partial charge >= 0.3 is 0 Å². The quantitative estimate of drug-likeness (QED) is 0.723. The van der Waals surface area contributed by atoms with Crippen LogP contribution in [0.4, 0.5) is 5.69 Å². The highest BCUT2D eigenvalue weighted by Crippen LogP contribution is 2.33. The molecule has 1 aliphatic rings. The summed E-state index contributed by atoms with van der Waals surface area (Å²) in [7, 11) is 0. The van der Waals surface area contributed by atoms with Gasteiger partial charge in [-0.3, -0.25) is 4.79 Å². The van der Waals surface area contributed by atoms with E-state index < -0.39 is 0 Å². The lowest BCUT2D eigenvalue weighted by molar-refractivity contribution is -0.122. The Labute approximate surface area is 126 Å². The molecule has 21 heavy (non-hydrogen) atoms. The summed E-state index contributed by atoms with van der Waals surface area (Å²) in [6.07, 6.45) is 2.24. The van der Waals surface area contributed by atoms with Gasteiger partial charge < -0.3 is 15.7 Å². The number of rotatable bonds is 7. The molecule has 0 saturated heterocycles. The topological polar surface area (TPSA) is 61.4 Å². The maximum atomic E-state index is 12.2. The van der Waals surface area contributed by atoms with E-state index in [1.807, 2.05) is 12.1 Å². The van der Waals surface area contributed by atoms with Crippen molar-refractivity contribution in [3.8, 4) is 0 Å². The molecule has 0 aliphatic carbocycles. The molecule has 4 heteroatoms. The lowest BCUT2D eigenvalue weighted by atomic mass is 9.83. The number of amides is 1. The number of aliphatic hydroxyl groups is 1. The van der Waals surface area contributed by atoms with E-state index in [2.05, 4.69) is 36.6 Å². The highest BCUT2D eigenvalue weighted by atomic mass is 16.3. The number of nitrogens with one attached hydrogen (secondary N) is 2. The van der Waals surface area contributed by atoms with Gasteiger partial charge in [0.05, 0.1) is 6.61 Å². The van der Waals surface area contributed by atoms with E-state index in [0.717, 1.165) is 25.1 Å². The van der Waals surface area contributed by atoms with E-state index in [4.69, 9.17) is 0 Å². The molecule has 116 valence electrons. The van der Waals surface area contributed by atoms with Crippen molar-refractivity contribution in [2.24, 2.45) is 5.41 Å². The van der Waals surface area contributed by atoms with E-state index in [-0.39, 0.29) is 23.8 Å². The standard InChI is InChI=1S/C17H26N2O2/c1-3-17(4-2,12-20)11-19-16(21)9-13-10-18-15-8-6-5-7-14(13)15/h5-8,13,18,20H,3-4,9-12H2,1-2H3,(H,19,21). The number of anilines is 1. The molecule has 3 N–H and O–H groups in total. The summed E-state index contributed by atoms with van der Waals surface area (Å²) in [6, 6.07) is 8.16. The average molecular weight is 290 g/mol. The van der Waals surface area contributed by atoms with Crippen molar-refractivity contribution in [1.82, 2.24) is 5.32 Å². The summed E-state index contributed by atoms with van der Waals surface area (Å²) in [5.74, 6) is 0.311. The molecule has 0 aromatic heterocycles. The van der Waals surface area contributed by atoms with Crippen LogP contribution in [0.15, 0.2) is 24.3 Å². The maximum absolute atomic E-state index is 12.2. The van der Waals surface area contributed by atoms with Crippen LogP contribution in [-0.4, -0.2) is 30.7 Å². The molecule has 1 aromatic carbocycles. The van der Waals surface area contributed by atoms with Gasteiger partial charge in [0.1, 0.15) is 0 Å². The number of para-hydroxylation sites is 1. The smallest absolute Gasteiger partial charge is 0.220 e. The number of fused-ring (bicyclic) bond motifs is 1. The Balaban J connectivity index is 1.89. The molecule has 1 heterocycles. The Bertz CT molecular complexity index is 475. The molecule has 1 aliphatic heterocycles. The van der Waals surface area contributed by atoms with E-state index in [0.29, 0.717) is 13.0 Å². The van der Waals surface area contributed by atoms with Crippen LogP contribution in [0, 0.1) is 5.41 Å². The minimum Gasteiger partial charge on any atom is -0.396 e. The number of aliphatic hydroxyl groups excluding tert-OH is 1. The summed E-state index contributed by atoms with van der Waals surface area (Å²) >= 11 is 0. The molecule has 0 fully saturated rings. The Morgan fingerprint density at radius 3 is 2.76 bits per heavy atom. The molecule has 1 amide bonds. The number of carbonyl (C=O) groups excluding carboxylic acids is 1. The molecule has 0 saturated carbocycles. The molecule has 4 nitrogen and oxygen atoms in total. The van der Waals surface area contributed by atoms with Gasteiger partial charge in [-0.15, -0.1) is 0 Å². The van der Waals surface area contributed by atoms with Gasteiger partial charge in [0.2, 0.25) is 5.91 Å². The molecule has 0 radical (unpaired) electrons. The number of benzene rings is 1. The summed E-state index contributed by atoms with van der Waals surface area (Å²) < 4.78 is 0. The van der Waals surface area contributed by atoms with Crippen LogP contribution in [0.2, 0.25) is 0 Å². The number of hydrogen-bond acceptors (Lipinski definition) is 3. The molecule has 0 spiro atoms. The van der Waals surface area contributed by atoms with Crippen molar-refractivity contribution in [3.63, 3.8) is 0 Å². The maximum Gasteiger partial charge on any atom is 0.220 e. The summed E-state index contributed by atoms with van der Waals surface area (Å²) in [5.41, 5.74) is 2.19. The van der Waals surface area contributed by atoms with Crippen LogP contribution in [0.3, 0.4) is 0 Å². The van der Waals surface area contributed by atoms with Crippen LogP contribution in [-0.2, 0) is 4.79 Å². The van der Waals surface area contributed by atoms with Gasteiger partial charge in [0.25, 0.3) is 0 Å². The molecule has 1 unspecified atom stereocenters. The lowest BCUT2D eigenvalue weighted by Gasteiger charge is -2.29. The van der Waals surface area contributed by atoms with Crippen LogP contribution >= 0.6 is 0 Å². The first-order valence-corrected chi connectivity index (χ1v) is 7.84. The third-order valence-electron chi connectivity index (χ3n) is 4.87. The Morgan fingerprint density at radius 1 is 1.38 bits per heavy atom. The van der Waals surface area contributed by atoms with Gasteiger partial charge in [-0.25, -0.2) is 0 Å².